The second-order valence-electron chi connectivity index (χ2n) is 11.6. The molecule has 9 aromatic rings. The Kier molecular flexibility index (Phi) is 6.98. The fourth-order valence-electron chi connectivity index (χ4n) is 6.11. The van der Waals surface area contributed by atoms with E-state index in [2.05, 4.69) is 56.3 Å². The normalized spacial score (nSPS) is 11.3. The largest absolute Gasteiger partial charge is 0.456 e. The van der Waals surface area contributed by atoms with E-state index >= 15 is 0 Å². The van der Waals surface area contributed by atoms with Gasteiger partial charge in [-0.25, -0.2) is 19.9 Å². The molecule has 7 nitrogen and oxygen atoms in total. The number of rotatable bonds is 6. The number of pyridine rings is 2. The van der Waals surface area contributed by atoms with E-state index in [1.807, 2.05) is 97.1 Å². The molecule has 7 heteroatoms. The average molecular weight is 631 g/mol. The number of hydrogen-bond donors (Lipinski definition) is 0. The van der Waals surface area contributed by atoms with Crippen LogP contribution in [0.4, 0.5) is 0 Å². The van der Waals surface area contributed by atoms with Crippen molar-refractivity contribution in [3.05, 3.63) is 158 Å². The van der Waals surface area contributed by atoms with E-state index in [1.54, 1.807) is 24.8 Å². The van der Waals surface area contributed by atoms with Crippen molar-refractivity contribution in [1.29, 1.82) is 0 Å². The molecule has 5 aromatic heterocycles. The van der Waals surface area contributed by atoms with Crippen LogP contribution in [0.25, 0.3) is 89.7 Å². The molecule has 0 aliphatic carbocycles. The second kappa shape index (κ2) is 12.1. The summed E-state index contributed by atoms with van der Waals surface area (Å²) >= 11 is 0. The maximum Gasteiger partial charge on any atom is 0.178 e. The molecule has 4 aromatic carbocycles. The Labute approximate surface area is 281 Å². The highest BCUT2D eigenvalue weighted by molar-refractivity contribution is 6.07. The summed E-state index contributed by atoms with van der Waals surface area (Å²) in [4.78, 5) is 28.1. The number of nitrogens with zero attached hydrogens (tertiary/aromatic N) is 6. The van der Waals surface area contributed by atoms with Crippen molar-refractivity contribution in [3.8, 4) is 67.8 Å². The fraction of sp³-hybridized carbons (Fsp3) is 0. The first-order chi connectivity index (χ1) is 24.2. The van der Waals surface area contributed by atoms with E-state index in [1.165, 1.54) is 0 Å². The van der Waals surface area contributed by atoms with Crippen molar-refractivity contribution in [3.63, 3.8) is 0 Å². The first-order valence-corrected chi connectivity index (χ1v) is 15.9. The number of furan rings is 1. The molecule has 0 unspecified atom stereocenters. The Balaban J connectivity index is 1.06. The smallest absolute Gasteiger partial charge is 0.178 e. The van der Waals surface area contributed by atoms with E-state index in [0.717, 1.165) is 66.7 Å². The zero-order valence-electron chi connectivity index (χ0n) is 26.1. The van der Waals surface area contributed by atoms with Crippen LogP contribution in [-0.4, -0.2) is 29.9 Å². The molecule has 0 fully saturated rings. The molecule has 0 N–H and O–H groups in total. The zero-order valence-corrected chi connectivity index (χ0v) is 26.1. The van der Waals surface area contributed by atoms with Gasteiger partial charge in [0.15, 0.2) is 11.6 Å². The molecule has 0 atom stereocenters. The van der Waals surface area contributed by atoms with Crippen molar-refractivity contribution in [1.82, 2.24) is 29.9 Å². The van der Waals surface area contributed by atoms with Crippen molar-refractivity contribution >= 4 is 21.9 Å². The van der Waals surface area contributed by atoms with Crippen LogP contribution in [0.1, 0.15) is 0 Å². The lowest BCUT2D eigenvalue weighted by Crippen LogP contribution is -1.94. The lowest BCUT2D eigenvalue weighted by atomic mass is 10.0. The second-order valence-corrected chi connectivity index (χ2v) is 11.6. The van der Waals surface area contributed by atoms with Gasteiger partial charge >= 0.3 is 0 Å². The predicted molar refractivity (Wildman–Crippen MR) is 193 cm³/mol. The van der Waals surface area contributed by atoms with Crippen LogP contribution in [0.15, 0.2) is 163 Å². The Morgan fingerprint density at radius 2 is 0.776 bits per heavy atom. The summed E-state index contributed by atoms with van der Waals surface area (Å²) in [6.07, 6.45) is 7.16. The summed E-state index contributed by atoms with van der Waals surface area (Å²) in [5.41, 5.74) is 10.9. The van der Waals surface area contributed by atoms with Crippen LogP contribution in [0.2, 0.25) is 0 Å². The molecule has 0 spiro atoms. The summed E-state index contributed by atoms with van der Waals surface area (Å²) in [5, 5.41) is 1.98. The average Bonchev–Trinajstić information content (AvgIpc) is 3.56. The molecule has 230 valence electrons. The Morgan fingerprint density at radius 1 is 0.327 bits per heavy atom. The zero-order chi connectivity index (χ0) is 32.6. The van der Waals surface area contributed by atoms with E-state index in [-0.39, 0.29) is 0 Å². The third kappa shape index (κ3) is 5.49. The van der Waals surface area contributed by atoms with Crippen LogP contribution in [0, 0.1) is 0 Å². The van der Waals surface area contributed by atoms with Crippen molar-refractivity contribution in [2.75, 3.05) is 0 Å². The van der Waals surface area contributed by atoms with Crippen molar-refractivity contribution in [2.24, 2.45) is 0 Å². The third-order valence-corrected chi connectivity index (χ3v) is 8.56. The summed E-state index contributed by atoms with van der Waals surface area (Å²) in [5.74, 6) is 1.14. The van der Waals surface area contributed by atoms with E-state index in [4.69, 9.17) is 14.4 Å². The molecular formula is C42H26N6O. The molecule has 0 aliphatic heterocycles. The van der Waals surface area contributed by atoms with Gasteiger partial charge in [0, 0.05) is 46.7 Å². The van der Waals surface area contributed by atoms with E-state index in [9.17, 15) is 0 Å². The first-order valence-electron chi connectivity index (χ1n) is 15.9. The Hall–Kier alpha value is -6.86. The quantitative estimate of drug-likeness (QED) is 0.181. The standard InChI is InChI=1S/C42H26N6O/c1-3-7-27(8-4-1)29-15-19-43-37(25-29)41-45-21-17-35(47-41)31-11-13-39-33(23-31)34-24-32(12-14-40(34)49-39)36-18-22-46-42(48-36)38-26-30(16-20-44-38)28-9-5-2-6-10-28/h1-26H. The minimum absolute atomic E-state index is 0.568. The van der Waals surface area contributed by atoms with Gasteiger partial charge in [0.25, 0.3) is 0 Å². The summed E-state index contributed by atoms with van der Waals surface area (Å²) in [7, 11) is 0. The first kappa shape index (κ1) is 28.4. The highest BCUT2D eigenvalue weighted by atomic mass is 16.3. The van der Waals surface area contributed by atoms with Crippen LogP contribution in [-0.2, 0) is 0 Å². The van der Waals surface area contributed by atoms with Gasteiger partial charge < -0.3 is 4.42 Å². The van der Waals surface area contributed by atoms with Crippen LogP contribution >= 0.6 is 0 Å². The summed E-state index contributed by atoms with van der Waals surface area (Å²) < 4.78 is 6.25. The van der Waals surface area contributed by atoms with Gasteiger partial charge in [-0.05, 0) is 95.1 Å². The maximum atomic E-state index is 6.25. The van der Waals surface area contributed by atoms with Gasteiger partial charge in [0.2, 0.25) is 0 Å². The van der Waals surface area contributed by atoms with Crippen LogP contribution in [0.3, 0.4) is 0 Å². The molecule has 0 amide bonds. The minimum Gasteiger partial charge on any atom is -0.456 e. The molecule has 0 aliphatic rings. The topological polar surface area (TPSA) is 90.5 Å². The molecule has 49 heavy (non-hydrogen) atoms. The van der Waals surface area contributed by atoms with Crippen LogP contribution in [0.5, 0.6) is 0 Å². The van der Waals surface area contributed by atoms with Crippen molar-refractivity contribution < 1.29 is 4.42 Å². The predicted octanol–water partition coefficient (Wildman–Crippen LogP) is 9.96. The number of aromatic nitrogens is 6. The molecule has 0 saturated carbocycles. The van der Waals surface area contributed by atoms with Gasteiger partial charge in [-0.2, -0.15) is 0 Å². The summed E-state index contributed by atoms with van der Waals surface area (Å²) in [6, 6.07) is 44.6. The fourth-order valence-corrected chi connectivity index (χ4v) is 6.11. The Bertz CT molecular complexity index is 2440. The molecule has 0 bridgehead atoms. The minimum atomic E-state index is 0.568. The van der Waals surface area contributed by atoms with Gasteiger partial charge in [-0.3, -0.25) is 9.97 Å². The molecule has 9 rings (SSSR count). The van der Waals surface area contributed by atoms with Gasteiger partial charge in [-0.1, -0.05) is 60.7 Å². The third-order valence-electron chi connectivity index (χ3n) is 8.56. The highest BCUT2D eigenvalue weighted by Gasteiger charge is 2.14. The lowest BCUT2D eigenvalue weighted by molar-refractivity contribution is 0.669. The summed E-state index contributed by atoms with van der Waals surface area (Å²) in [6.45, 7) is 0. The maximum absolute atomic E-state index is 6.25. The molecular weight excluding hydrogens is 605 g/mol. The number of fused-ring (bicyclic) bond motifs is 3. The molecule has 5 heterocycles. The van der Waals surface area contributed by atoms with E-state index in [0.29, 0.717) is 23.0 Å². The van der Waals surface area contributed by atoms with Gasteiger partial charge in [-0.15, -0.1) is 0 Å². The van der Waals surface area contributed by atoms with Crippen LogP contribution < -0.4 is 0 Å². The highest BCUT2D eigenvalue weighted by Crippen LogP contribution is 2.35. The number of benzene rings is 4. The molecule has 0 saturated heterocycles. The lowest BCUT2D eigenvalue weighted by Gasteiger charge is -2.07. The van der Waals surface area contributed by atoms with E-state index < -0.39 is 0 Å². The molecule has 0 radical (unpaired) electrons. The monoisotopic (exact) mass is 630 g/mol. The van der Waals surface area contributed by atoms with Crippen molar-refractivity contribution in [2.45, 2.75) is 0 Å². The number of hydrogen-bond acceptors (Lipinski definition) is 7. The SMILES string of the molecule is c1ccc(-c2ccnc(-c3nccc(-c4ccc5oc6ccc(-c7ccnc(-c8cc(-c9ccccc9)ccn8)n7)cc6c5c4)n3)c2)cc1. The van der Waals surface area contributed by atoms with Gasteiger partial charge in [0.1, 0.15) is 22.6 Å². The Morgan fingerprint density at radius 3 is 1.24 bits per heavy atom. The van der Waals surface area contributed by atoms with Gasteiger partial charge in [0.05, 0.1) is 11.4 Å².